The van der Waals surface area contributed by atoms with Gasteiger partial charge in [-0.05, 0) is 17.8 Å². The summed E-state index contributed by atoms with van der Waals surface area (Å²) in [7, 11) is 0. The van der Waals surface area contributed by atoms with E-state index in [1.165, 1.54) is 0 Å². The third-order valence-corrected chi connectivity index (χ3v) is 3.39. The van der Waals surface area contributed by atoms with Gasteiger partial charge in [0, 0.05) is 12.8 Å². The quantitative estimate of drug-likeness (QED) is 0.669. The van der Waals surface area contributed by atoms with Gasteiger partial charge in [0.2, 0.25) is 0 Å². The van der Waals surface area contributed by atoms with Crippen molar-refractivity contribution < 1.29 is 4.74 Å². The van der Waals surface area contributed by atoms with Crippen LogP contribution >= 0.6 is 0 Å². The predicted octanol–water partition coefficient (Wildman–Crippen LogP) is 2.37. The molecule has 1 heterocycles. The van der Waals surface area contributed by atoms with Crippen molar-refractivity contribution in [3.63, 3.8) is 0 Å². The minimum Gasteiger partial charge on any atom is -0.380 e. The SMILES string of the molecule is CC(C)C(C)(C)CCOCCn1ccnn1. The Morgan fingerprint density at radius 3 is 2.62 bits per heavy atom. The summed E-state index contributed by atoms with van der Waals surface area (Å²) in [4.78, 5) is 0. The Balaban J connectivity index is 2.08. The van der Waals surface area contributed by atoms with E-state index in [0.717, 1.165) is 19.6 Å². The smallest absolute Gasteiger partial charge is 0.0692 e. The molecule has 0 bridgehead atoms. The third kappa shape index (κ3) is 4.31. The molecule has 1 aromatic rings. The van der Waals surface area contributed by atoms with Crippen LogP contribution in [0.5, 0.6) is 0 Å². The standard InChI is InChI=1S/C12H23N3O/c1-11(2)12(3,4)5-9-16-10-8-15-7-6-13-14-15/h6-7,11H,5,8-10H2,1-4H3. The molecular formula is C12H23N3O. The Hall–Kier alpha value is -0.900. The summed E-state index contributed by atoms with van der Waals surface area (Å²) in [6.45, 7) is 11.4. The van der Waals surface area contributed by atoms with Crippen LogP contribution in [0, 0.1) is 11.3 Å². The summed E-state index contributed by atoms with van der Waals surface area (Å²) in [5.41, 5.74) is 0.354. The normalized spacial score (nSPS) is 12.3. The van der Waals surface area contributed by atoms with Crippen molar-refractivity contribution in [3.8, 4) is 0 Å². The number of rotatable bonds is 7. The van der Waals surface area contributed by atoms with E-state index in [0.29, 0.717) is 17.9 Å². The first-order valence-corrected chi connectivity index (χ1v) is 5.94. The van der Waals surface area contributed by atoms with Gasteiger partial charge in [0.25, 0.3) is 0 Å². The van der Waals surface area contributed by atoms with Crippen LogP contribution in [-0.2, 0) is 11.3 Å². The predicted molar refractivity (Wildman–Crippen MR) is 64.1 cm³/mol. The first-order chi connectivity index (χ1) is 7.52. The van der Waals surface area contributed by atoms with Crippen LogP contribution in [0.4, 0.5) is 0 Å². The molecule has 0 N–H and O–H groups in total. The zero-order valence-electron chi connectivity index (χ0n) is 10.8. The maximum Gasteiger partial charge on any atom is 0.0692 e. The van der Waals surface area contributed by atoms with Crippen LogP contribution in [0.1, 0.15) is 34.1 Å². The molecule has 0 radical (unpaired) electrons. The van der Waals surface area contributed by atoms with Gasteiger partial charge in [-0.1, -0.05) is 32.9 Å². The lowest BCUT2D eigenvalue weighted by atomic mass is 9.79. The largest absolute Gasteiger partial charge is 0.380 e. The zero-order chi connectivity index (χ0) is 12.0. The molecule has 0 fully saturated rings. The van der Waals surface area contributed by atoms with Gasteiger partial charge in [0.1, 0.15) is 0 Å². The second-order valence-electron chi connectivity index (χ2n) is 5.17. The van der Waals surface area contributed by atoms with Crippen LogP contribution in [0.2, 0.25) is 0 Å². The maximum atomic E-state index is 5.60. The third-order valence-electron chi connectivity index (χ3n) is 3.39. The van der Waals surface area contributed by atoms with Crippen LogP contribution in [0.25, 0.3) is 0 Å². The van der Waals surface area contributed by atoms with Gasteiger partial charge in [-0.3, -0.25) is 4.68 Å². The Morgan fingerprint density at radius 1 is 1.31 bits per heavy atom. The summed E-state index contributed by atoms with van der Waals surface area (Å²) in [6.07, 6.45) is 4.63. The van der Waals surface area contributed by atoms with E-state index in [2.05, 4.69) is 38.0 Å². The molecule has 4 nitrogen and oxygen atoms in total. The van der Waals surface area contributed by atoms with Crippen LogP contribution in [-0.4, -0.2) is 28.2 Å². The molecule has 0 aromatic carbocycles. The second-order valence-corrected chi connectivity index (χ2v) is 5.17. The highest BCUT2D eigenvalue weighted by molar-refractivity contribution is 4.71. The average molecular weight is 225 g/mol. The molecule has 0 aliphatic carbocycles. The molecule has 0 amide bonds. The fraction of sp³-hybridized carbons (Fsp3) is 0.833. The Labute approximate surface area is 98.0 Å². The number of aromatic nitrogens is 3. The van der Waals surface area contributed by atoms with Gasteiger partial charge in [0.05, 0.1) is 19.3 Å². The number of hydrogen-bond donors (Lipinski definition) is 0. The average Bonchev–Trinajstić information content (AvgIpc) is 2.69. The van der Waals surface area contributed by atoms with Crippen molar-refractivity contribution in [2.45, 2.75) is 40.7 Å². The summed E-state index contributed by atoms with van der Waals surface area (Å²) >= 11 is 0. The molecule has 0 saturated heterocycles. The molecule has 0 spiro atoms. The van der Waals surface area contributed by atoms with E-state index >= 15 is 0 Å². The Bertz CT molecular complexity index is 280. The molecule has 1 rings (SSSR count). The number of hydrogen-bond acceptors (Lipinski definition) is 3. The molecule has 0 aliphatic rings. The first-order valence-electron chi connectivity index (χ1n) is 5.94. The van der Waals surface area contributed by atoms with Gasteiger partial charge >= 0.3 is 0 Å². The zero-order valence-corrected chi connectivity index (χ0v) is 10.8. The maximum absolute atomic E-state index is 5.60. The lowest BCUT2D eigenvalue weighted by molar-refractivity contribution is 0.0814. The van der Waals surface area contributed by atoms with E-state index in [1.807, 2.05) is 6.20 Å². The van der Waals surface area contributed by atoms with Crippen molar-refractivity contribution in [2.75, 3.05) is 13.2 Å². The molecule has 92 valence electrons. The topological polar surface area (TPSA) is 39.9 Å². The monoisotopic (exact) mass is 225 g/mol. The van der Waals surface area contributed by atoms with Gasteiger partial charge in [-0.2, -0.15) is 0 Å². The number of ether oxygens (including phenoxy) is 1. The highest BCUT2D eigenvalue weighted by Gasteiger charge is 2.21. The van der Waals surface area contributed by atoms with Crippen molar-refractivity contribution in [1.29, 1.82) is 0 Å². The van der Waals surface area contributed by atoms with Gasteiger partial charge < -0.3 is 4.74 Å². The van der Waals surface area contributed by atoms with E-state index in [9.17, 15) is 0 Å². The Morgan fingerprint density at radius 2 is 2.06 bits per heavy atom. The highest BCUT2D eigenvalue weighted by Crippen LogP contribution is 2.29. The van der Waals surface area contributed by atoms with Crippen molar-refractivity contribution in [2.24, 2.45) is 11.3 Å². The molecule has 4 heteroatoms. The summed E-state index contributed by atoms with van der Waals surface area (Å²) in [6, 6.07) is 0. The van der Waals surface area contributed by atoms with Crippen LogP contribution in [0.3, 0.4) is 0 Å². The van der Waals surface area contributed by atoms with Crippen LogP contribution < -0.4 is 0 Å². The molecule has 0 atom stereocenters. The molecule has 16 heavy (non-hydrogen) atoms. The first kappa shape index (κ1) is 13.2. The minimum atomic E-state index is 0.354. The fourth-order valence-electron chi connectivity index (χ4n) is 1.24. The molecule has 1 aromatic heterocycles. The highest BCUT2D eigenvalue weighted by atomic mass is 16.5. The molecular weight excluding hydrogens is 202 g/mol. The summed E-state index contributed by atoms with van der Waals surface area (Å²) in [5.74, 6) is 0.686. The van der Waals surface area contributed by atoms with Gasteiger partial charge in [0.15, 0.2) is 0 Å². The van der Waals surface area contributed by atoms with E-state index in [4.69, 9.17) is 4.74 Å². The van der Waals surface area contributed by atoms with E-state index in [-0.39, 0.29) is 0 Å². The summed E-state index contributed by atoms with van der Waals surface area (Å²) < 4.78 is 7.39. The van der Waals surface area contributed by atoms with Crippen LogP contribution in [0.15, 0.2) is 12.4 Å². The van der Waals surface area contributed by atoms with E-state index in [1.54, 1.807) is 10.9 Å². The van der Waals surface area contributed by atoms with Gasteiger partial charge in [-0.15, -0.1) is 5.10 Å². The van der Waals surface area contributed by atoms with Crippen molar-refractivity contribution in [3.05, 3.63) is 12.4 Å². The van der Waals surface area contributed by atoms with Gasteiger partial charge in [-0.25, -0.2) is 0 Å². The van der Waals surface area contributed by atoms with Crippen molar-refractivity contribution in [1.82, 2.24) is 15.0 Å². The lowest BCUT2D eigenvalue weighted by Crippen LogP contribution is -2.21. The molecule has 0 unspecified atom stereocenters. The minimum absolute atomic E-state index is 0.354. The van der Waals surface area contributed by atoms with E-state index < -0.39 is 0 Å². The number of nitrogens with zero attached hydrogens (tertiary/aromatic N) is 3. The molecule has 0 saturated carbocycles. The summed E-state index contributed by atoms with van der Waals surface area (Å²) in [5, 5.41) is 7.62. The molecule has 0 aliphatic heterocycles. The fourth-order valence-corrected chi connectivity index (χ4v) is 1.24. The second kappa shape index (κ2) is 5.99. The van der Waals surface area contributed by atoms with Crippen molar-refractivity contribution >= 4 is 0 Å². The lowest BCUT2D eigenvalue weighted by Gasteiger charge is -2.28. The Kier molecular flexibility index (Phi) is 4.93.